The molecule has 0 spiro atoms. The first-order valence-electron chi connectivity index (χ1n) is 9.71. The second-order valence-electron chi connectivity index (χ2n) is 7.38. The van der Waals surface area contributed by atoms with Gasteiger partial charge in [-0.05, 0) is 60.3 Å². The minimum absolute atomic E-state index is 1.28. The van der Waals surface area contributed by atoms with Crippen LogP contribution in [0, 0.1) is 0 Å². The second kappa shape index (κ2) is 5.94. The zero-order valence-corrected chi connectivity index (χ0v) is 15.4. The SMILES string of the molecule is c1ccc2c(-c3cc4ccccc4c4c3ccc3ccccc34)cccc2c1. The van der Waals surface area contributed by atoms with E-state index in [1.807, 2.05) is 0 Å². The molecule has 0 aliphatic rings. The molecule has 0 radical (unpaired) electrons. The highest BCUT2D eigenvalue weighted by molar-refractivity contribution is 6.24. The van der Waals surface area contributed by atoms with Gasteiger partial charge in [0, 0.05) is 0 Å². The number of benzene rings is 6. The van der Waals surface area contributed by atoms with Gasteiger partial charge in [-0.25, -0.2) is 0 Å². The standard InChI is InChI=1S/C28H18/c1-4-12-22-19(8-1)11-7-15-25(22)27-18-21-10-3-6-14-24(21)28-23-13-5-2-9-20(23)16-17-26(27)28/h1-18H. The van der Waals surface area contributed by atoms with E-state index < -0.39 is 0 Å². The Morgan fingerprint density at radius 3 is 1.68 bits per heavy atom. The highest BCUT2D eigenvalue weighted by atomic mass is 14.2. The minimum atomic E-state index is 1.28. The van der Waals surface area contributed by atoms with E-state index in [1.54, 1.807) is 0 Å². The van der Waals surface area contributed by atoms with Gasteiger partial charge in [0.25, 0.3) is 0 Å². The Labute approximate surface area is 163 Å². The lowest BCUT2D eigenvalue weighted by Gasteiger charge is -2.15. The van der Waals surface area contributed by atoms with Crippen LogP contribution in [0.25, 0.3) is 54.2 Å². The van der Waals surface area contributed by atoms with Crippen molar-refractivity contribution in [3.05, 3.63) is 109 Å². The van der Waals surface area contributed by atoms with Gasteiger partial charge < -0.3 is 0 Å². The number of hydrogen-bond acceptors (Lipinski definition) is 0. The van der Waals surface area contributed by atoms with Crippen LogP contribution in [0.15, 0.2) is 109 Å². The van der Waals surface area contributed by atoms with Crippen LogP contribution in [0.4, 0.5) is 0 Å². The van der Waals surface area contributed by atoms with Gasteiger partial charge in [0.05, 0.1) is 0 Å². The molecule has 6 aromatic carbocycles. The molecule has 0 aliphatic carbocycles. The zero-order chi connectivity index (χ0) is 18.5. The number of rotatable bonds is 1. The van der Waals surface area contributed by atoms with E-state index >= 15 is 0 Å². The second-order valence-corrected chi connectivity index (χ2v) is 7.38. The fraction of sp³-hybridized carbons (Fsp3) is 0. The summed E-state index contributed by atoms with van der Waals surface area (Å²) in [6.07, 6.45) is 0. The molecular formula is C28H18. The Bertz CT molecular complexity index is 1480. The van der Waals surface area contributed by atoms with E-state index in [-0.39, 0.29) is 0 Å². The van der Waals surface area contributed by atoms with Crippen LogP contribution >= 0.6 is 0 Å². The predicted octanol–water partition coefficient (Wildman–Crippen LogP) is 7.97. The van der Waals surface area contributed by atoms with Gasteiger partial charge in [0.2, 0.25) is 0 Å². The fourth-order valence-corrected chi connectivity index (χ4v) is 4.55. The maximum Gasteiger partial charge on any atom is -0.00206 e. The molecule has 0 saturated heterocycles. The lowest BCUT2D eigenvalue weighted by Crippen LogP contribution is -1.87. The summed E-state index contributed by atoms with van der Waals surface area (Å²) >= 11 is 0. The van der Waals surface area contributed by atoms with Gasteiger partial charge in [-0.3, -0.25) is 0 Å². The molecule has 6 aromatic rings. The molecule has 130 valence electrons. The van der Waals surface area contributed by atoms with Crippen molar-refractivity contribution >= 4 is 43.1 Å². The van der Waals surface area contributed by atoms with Crippen LogP contribution in [0.5, 0.6) is 0 Å². The van der Waals surface area contributed by atoms with E-state index in [4.69, 9.17) is 0 Å². The highest BCUT2D eigenvalue weighted by Crippen LogP contribution is 2.40. The van der Waals surface area contributed by atoms with Crippen molar-refractivity contribution in [1.29, 1.82) is 0 Å². The molecule has 0 fully saturated rings. The molecule has 0 heterocycles. The van der Waals surface area contributed by atoms with Crippen molar-refractivity contribution in [2.75, 3.05) is 0 Å². The first-order chi connectivity index (χ1) is 13.9. The van der Waals surface area contributed by atoms with E-state index in [2.05, 4.69) is 109 Å². The van der Waals surface area contributed by atoms with E-state index in [9.17, 15) is 0 Å². The van der Waals surface area contributed by atoms with Crippen molar-refractivity contribution in [3.63, 3.8) is 0 Å². The Morgan fingerprint density at radius 2 is 0.893 bits per heavy atom. The molecule has 0 amide bonds. The molecule has 0 N–H and O–H groups in total. The Hall–Kier alpha value is -3.64. The highest BCUT2D eigenvalue weighted by Gasteiger charge is 2.13. The molecule has 0 atom stereocenters. The molecule has 0 nitrogen and oxygen atoms in total. The van der Waals surface area contributed by atoms with Gasteiger partial charge in [0.15, 0.2) is 0 Å². The number of fused-ring (bicyclic) bond motifs is 6. The van der Waals surface area contributed by atoms with Gasteiger partial charge in [-0.2, -0.15) is 0 Å². The van der Waals surface area contributed by atoms with Crippen molar-refractivity contribution in [2.24, 2.45) is 0 Å². The summed E-state index contributed by atoms with van der Waals surface area (Å²) in [4.78, 5) is 0. The fourth-order valence-electron chi connectivity index (χ4n) is 4.55. The summed E-state index contributed by atoms with van der Waals surface area (Å²) in [5, 5.41) is 10.4. The molecule has 0 saturated carbocycles. The van der Waals surface area contributed by atoms with Crippen molar-refractivity contribution in [2.45, 2.75) is 0 Å². The van der Waals surface area contributed by atoms with Crippen LogP contribution in [0.3, 0.4) is 0 Å². The van der Waals surface area contributed by atoms with Gasteiger partial charge in [-0.1, -0.05) is 103 Å². The van der Waals surface area contributed by atoms with Gasteiger partial charge >= 0.3 is 0 Å². The smallest absolute Gasteiger partial charge is 0.00206 e. The molecule has 0 bridgehead atoms. The van der Waals surface area contributed by atoms with Crippen LogP contribution in [0.1, 0.15) is 0 Å². The molecule has 0 aromatic heterocycles. The van der Waals surface area contributed by atoms with Crippen LogP contribution < -0.4 is 0 Å². The summed E-state index contributed by atoms with van der Waals surface area (Å²) in [7, 11) is 0. The van der Waals surface area contributed by atoms with E-state index in [1.165, 1.54) is 54.2 Å². The minimum Gasteiger partial charge on any atom is -0.0616 e. The van der Waals surface area contributed by atoms with Crippen molar-refractivity contribution in [3.8, 4) is 11.1 Å². The summed E-state index contributed by atoms with van der Waals surface area (Å²) in [6, 6.07) is 39.6. The summed E-state index contributed by atoms with van der Waals surface area (Å²) in [5.74, 6) is 0. The van der Waals surface area contributed by atoms with Crippen LogP contribution in [0.2, 0.25) is 0 Å². The van der Waals surface area contributed by atoms with Crippen LogP contribution in [-0.4, -0.2) is 0 Å². The molecule has 28 heavy (non-hydrogen) atoms. The van der Waals surface area contributed by atoms with Crippen LogP contribution in [-0.2, 0) is 0 Å². The third kappa shape index (κ3) is 2.18. The molecule has 6 rings (SSSR count). The van der Waals surface area contributed by atoms with E-state index in [0.717, 1.165) is 0 Å². The first-order valence-corrected chi connectivity index (χ1v) is 9.71. The summed E-state index contributed by atoms with van der Waals surface area (Å²) in [6.45, 7) is 0. The summed E-state index contributed by atoms with van der Waals surface area (Å²) in [5.41, 5.74) is 2.60. The predicted molar refractivity (Wildman–Crippen MR) is 122 cm³/mol. The lowest BCUT2D eigenvalue weighted by atomic mass is 9.88. The quantitative estimate of drug-likeness (QED) is 0.263. The molecule has 0 aliphatic heterocycles. The Morgan fingerprint density at radius 1 is 0.321 bits per heavy atom. The van der Waals surface area contributed by atoms with Crippen molar-refractivity contribution in [1.82, 2.24) is 0 Å². The molecular weight excluding hydrogens is 336 g/mol. The zero-order valence-electron chi connectivity index (χ0n) is 15.4. The van der Waals surface area contributed by atoms with E-state index in [0.29, 0.717) is 0 Å². The Kier molecular flexibility index (Phi) is 3.27. The maximum atomic E-state index is 2.36. The Balaban J connectivity index is 1.87. The average molecular weight is 354 g/mol. The largest absolute Gasteiger partial charge is 0.0616 e. The summed E-state index contributed by atoms with van der Waals surface area (Å²) < 4.78 is 0. The number of hydrogen-bond donors (Lipinski definition) is 0. The van der Waals surface area contributed by atoms with Gasteiger partial charge in [-0.15, -0.1) is 0 Å². The third-order valence-corrected chi connectivity index (χ3v) is 5.83. The monoisotopic (exact) mass is 354 g/mol. The average Bonchev–Trinajstić information content (AvgIpc) is 2.78. The third-order valence-electron chi connectivity index (χ3n) is 5.83. The lowest BCUT2D eigenvalue weighted by molar-refractivity contribution is 1.70. The topological polar surface area (TPSA) is 0 Å². The first kappa shape index (κ1) is 15.4. The molecule has 0 heteroatoms. The normalized spacial score (nSPS) is 11.6. The van der Waals surface area contributed by atoms with Gasteiger partial charge in [0.1, 0.15) is 0 Å². The maximum absolute atomic E-state index is 2.36. The molecule has 0 unspecified atom stereocenters. The van der Waals surface area contributed by atoms with Crippen molar-refractivity contribution < 1.29 is 0 Å².